The van der Waals surface area contributed by atoms with E-state index in [1.165, 1.54) is 0 Å². The Hall–Kier alpha value is -0.620. The molecule has 0 aromatic heterocycles. The van der Waals surface area contributed by atoms with Crippen LogP contribution in [0.1, 0.15) is 12.5 Å². The zero-order valence-corrected chi connectivity index (χ0v) is 12.1. The van der Waals surface area contributed by atoms with Crippen molar-refractivity contribution in [2.24, 2.45) is 5.73 Å². The first-order valence-corrected chi connectivity index (χ1v) is 5.68. The third-order valence-corrected chi connectivity index (χ3v) is 2.82. The van der Waals surface area contributed by atoms with Crippen LogP contribution in [-0.2, 0) is 16.1 Å². The Balaban J connectivity index is 0.00000256. The fraction of sp³-hybridized carbons (Fsp3) is 0.364. The number of carbonyl (C=O) groups is 1. The second kappa shape index (κ2) is 7.66. The van der Waals surface area contributed by atoms with Crippen LogP contribution in [0.4, 0.5) is 5.69 Å². The third-order valence-electron chi connectivity index (χ3n) is 2.08. The number of nitrogens with two attached hydrogens (primary N) is 1. The second-order valence-corrected chi connectivity index (χ2v) is 4.33. The molecule has 96 valence electrons. The number of carbonyl (C=O) groups excluding carboxylic acids is 1. The lowest BCUT2D eigenvalue weighted by atomic mass is 10.2. The van der Waals surface area contributed by atoms with Gasteiger partial charge in [0.2, 0.25) is 5.91 Å². The Bertz CT molecular complexity index is 386. The number of rotatable bonds is 4. The van der Waals surface area contributed by atoms with Crippen molar-refractivity contribution in [3.05, 3.63) is 28.2 Å². The van der Waals surface area contributed by atoms with E-state index < -0.39 is 6.04 Å². The van der Waals surface area contributed by atoms with E-state index in [9.17, 15) is 4.79 Å². The number of nitrogens with one attached hydrogen (secondary N) is 1. The number of hydrogen-bond acceptors (Lipinski definition) is 3. The summed E-state index contributed by atoms with van der Waals surface area (Å²) in [7, 11) is 1.61. The van der Waals surface area contributed by atoms with Crippen LogP contribution in [0.25, 0.3) is 0 Å². The van der Waals surface area contributed by atoms with E-state index in [2.05, 4.69) is 21.2 Å². The average Bonchev–Trinajstić information content (AvgIpc) is 2.23. The summed E-state index contributed by atoms with van der Waals surface area (Å²) in [5, 5.41) is 2.76. The average molecular weight is 324 g/mol. The summed E-state index contributed by atoms with van der Waals surface area (Å²) >= 11 is 3.41. The molecular weight excluding hydrogens is 307 g/mol. The van der Waals surface area contributed by atoms with Crippen LogP contribution in [0, 0.1) is 0 Å². The molecule has 0 aliphatic rings. The molecule has 0 fully saturated rings. The zero-order valence-electron chi connectivity index (χ0n) is 9.70. The maximum Gasteiger partial charge on any atom is 0.241 e. The molecule has 6 heteroatoms. The summed E-state index contributed by atoms with van der Waals surface area (Å²) in [6, 6.07) is 5.03. The highest BCUT2D eigenvalue weighted by molar-refractivity contribution is 9.10. The van der Waals surface area contributed by atoms with E-state index in [0.717, 1.165) is 15.7 Å². The number of benzene rings is 1. The predicted molar refractivity (Wildman–Crippen MR) is 74.4 cm³/mol. The SMILES string of the molecule is COCc1c(Br)cccc1NC(=O)[C@@H](C)N.Cl. The molecule has 0 saturated heterocycles. The van der Waals surface area contributed by atoms with Crippen molar-refractivity contribution in [3.63, 3.8) is 0 Å². The Labute approximate surface area is 115 Å². The van der Waals surface area contributed by atoms with Gasteiger partial charge in [-0.15, -0.1) is 12.4 Å². The van der Waals surface area contributed by atoms with Crippen molar-refractivity contribution >= 4 is 39.9 Å². The normalized spacial score (nSPS) is 11.5. The highest BCUT2D eigenvalue weighted by Crippen LogP contribution is 2.25. The molecular formula is C11H16BrClN2O2. The Morgan fingerprint density at radius 1 is 1.59 bits per heavy atom. The van der Waals surface area contributed by atoms with Gasteiger partial charge in [0.15, 0.2) is 0 Å². The van der Waals surface area contributed by atoms with Crippen LogP contribution < -0.4 is 11.1 Å². The molecule has 1 rings (SSSR count). The smallest absolute Gasteiger partial charge is 0.241 e. The molecule has 0 unspecified atom stereocenters. The summed E-state index contributed by atoms with van der Waals surface area (Å²) in [5.74, 6) is -0.213. The minimum Gasteiger partial charge on any atom is -0.380 e. The molecule has 0 saturated carbocycles. The van der Waals surface area contributed by atoms with Gasteiger partial charge >= 0.3 is 0 Å². The van der Waals surface area contributed by atoms with E-state index in [4.69, 9.17) is 10.5 Å². The minimum atomic E-state index is -0.533. The maximum absolute atomic E-state index is 11.5. The highest BCUT2D eigenvalue weighted by atomic mass is 79.9. The molecule has 4 nitrogen and oxygen atoms in total. The van der Waals surface area contributed by atoms with Gasteiger partial charge in [0.25, 0.3) is 0 Å². The summed E-state index contributed by atoms with van der Waals surface area (Å²) in [6.45, 7) is 2.07. The molecule has 3 N–H and O–H groups in total. The molecule has 0 bridgehead atoms. The van der Waals surface area contributed by atoms with Crippen LogP contribution >= 0.6 is 28.3 Å². The molecule has 0 aliphatic heterocycles. The van der Waals surface area contributed by atoms with Gasteiger partial charge in [-0.1, -0.05) is 22.0 Å². The van der Waals surface area contributed by atoms with Gasteiger partial charge in [0.05, 0.1) is 12.6 Å². The van der Waals surface area contributed by atoms with E-state index in [0.29, 0.717) is 6.61 Å². The molecule has 1 aromatic rings. The molecule has 1 aromatic carbocycles. The first-order valence-electron chi connectivity index (χ1n) is 4.89. The molecule has 1 atom stereocenters. The number of amides is 1. The van der Waals surface area contributed by atoms with Crippen LogP contribution in [0.15, 0.2) is 22.7 Å². The number of methoxy groups -OCH3 is 1. The molecule has 0 aliphatic carbocycles. The zero-order chi connectivity index (χ0) is 12.1. The number of ether oxygens (including phenoxy) is 1. The fourth-order valence-corrected chi connectivity index (χ4v) is 1.69. The standard InChI is InChI=1S/C11H15BrN2O2.ClH/c1-7(13)11(15)14-10-5-3-4-9(12)8(10)6-16-2;/h3-5,7H,6,13H2,1-2H3,(H,14,15);1H/t7-;/m1./s1. The molecule has 0 spiro atoms. The lowest BCUT2D eigenvalue weighted by molar-refractivity contribution is -0.117. The minimum absolute atomic E-state index is 0. The number of halogens is 2. The molecule has 0 radical (unpaired) electrons. The lowest BCUT2D eigenvalue weighted by Gasteiger charge is -2.13. The summed E-state index contributed by atoms with van der Waals surface area (Å²) in [4.78, 5) is 11.5. The Morgan fingerprint density at radius 2 is 2.24 bits per heavy atom. The van der Waals surface area contributed by atoms with Gasteiger partial charge in [-0.25, -0.2) is 0 Å². The van der Waals surface area contributed by atoms with Crippen LogP contribution in [-0.4, -0.2) is 19.1 Å². The van der Waals surface area contributed by atoms with Crippen molar-refractivity contribution in [1.82, 2.24) is 0 Å². The largest absolute Gasteiger partial charge is 0.380 e. The van der Waals surface area contributed by atoms with Crippen molar-refractivity contribution in [1.29, 1.82) is 0 Å². The monoisotopic (exact) mass is 322 g/mol. The van der Waals surface area contributed by atoms with E-state index in [1.807, 2.05) is 18.2 Å². The third kappa shape index (κ3) is 4.63. The van der Waals surface area contributed by atoms with Crippen LogP contribution in [0.3, 0.4) is 0 Å². The number of anilines is 1. The van der Waals surface area contributed by atoms with Crippen molar-refractivity contribution in [2.45, 2.75) is 19.6 Å². The highest BCUT2D eigenvalue weighted by Gasteiger charge is 2.12. The summed E-state index contributed by atoms with van der Waals surface area (Å²) in [6.07, 6.45) is 0. The summed E-state index contributed by atoms with van der Waals surface area (Å²) < 4.78 is 5.98. The summed E-state index contributed by atoms with van der Waals surface area (Å²) in [5.41, 5.74) is 7.11. The molecule has 0 heterocycles. The van der Waals surface area contributed by atoms with Crippen LogP contribution in [0.2, 0.25) is 0 Å². The van der Waals surface area contributed by atoms with Gasteiger partial charge < -0.3 is 15.8 Å². The van der Waals surface area contributed by atoms with Gasteiger partial charge in [-0.3, -0.25) is 4.79 Å². The maximum atomic E-state index is 11.5. The first-order chi connectivity index (χ1) is 7.56. The number of hydrogen-bond donors (Lipinski definition) is 2. The van der Waals surface area contributed by atoms with Gasteiger partial charge in [0, 0.05) is 22.8 Å². The van der Waals surface area contributed by atoms with E-state index in [-0.39, 0.29) is 18.3 Å². The molecule has 17 heavy (non-hydrogen) atoms. The fourth-order valence-electron chi connectivity index (χ4n) is 1.21. The second-order valence-electron chi connectivity index (χ2n) is 3.48. The van der Waals surface area contributed by atoms with Gasteiger partial charge in [0.1, 0.15) is 0 Å². The van der Waals surface area contributed by atoms with Gasteiger partial charge in [-0.2, -0.15) is 0 Å². The van der Waals surface area contributed by atoms with Crippen molar-refractivity contribution < 1.29 is 9.53 Å². The Kier molecular flexibility index (Phi) is 7.38. The lowest BCUT2D eigenvalue weighted by Crippen LogP contribution is -2.32. The van der Waals surface area contributed by atoms with Crippen molar-refractivity contribution in [2.75, 3.05) is 12.4 Å². The van der Waals surface area contributed by atoms with Gasteiger partial charge in [-0.05, 0) is 19.1 Å². The first kappa shape index (κ1) is 16.4. The predicted octanol–water partition coefficient (Wildman–Crippen LogP) is 2.30. The topological polar surface area (TPSA) is 64.3 Å². The van der Waals surface area contributed by atoms with Crippen LogP contribution in [0.5, 0.6) is 0 Å². The molecule has 1 amide bonds. The van der Waals surface area contributed by atoms with E-state index in [1.54, 1.807) is 14.0 Å². The van der Waals surface area contributed by atoms with E-state index >= 15 is 0 Å². The quantitative estimate of drug-likeness (QED) is 0.893. The van der Waals surface area contributed by atoms with Crippen molar-refractivity contribution in [3.8, 4) is 0 Å². The Morgan fingerprint density at radius 3 is 2.76 bits per heavy atom.